The summed E-state index contributed by atoms with van der Waals surface area (Å²) in [5, 5.41) is 0. The highest BCUT2D eigenvalue weighted by Gasteiger charge is 2.31. The number of thiocarbonyl (C=S) groups is 1. The lowest BCUT2D eigenvalue weighted by Crippen LogP contribution is -2.09. The van der Waals surface area contributed by atoms with E-state index < -0.39 is 11.7 Å². The van der Waals surface area contributed by atoms with E-state index in [9.17, 15) is 13.2 Å². The first-order chi connectivity index (χ1) is 8.34. The number of hydrogen-bond acceptors (Lipinski definition) is 2. The van der Waals surface area contributed by atoms with Gasteiger partial charge in [0, 0.05) is 0 Å². The maximum atomic E-state index is 12.6. The molecule has 1 aromatic carbocycles. The number of alkyl halides is 3. The smallest absolute Gasteiger partial charge is 0.416 e. The van der Waals surface area contributed by atoms with Crippen molar-refractivity contribution in [1.82, 2.24) is 0 Å². The molecule has 0 spiro atoms. The number of benzene rings is 1. The summed E-state index contributed by atoms with van der Waals surface area (Å²) in [5.74, 6) is 0.450. The van der Waals surface area contributed by atoms with E-state index in [0.717, 1.165) is 12.1 Å². The Balaban J connectivity index is 2.89. The molecule has 0 saturated carbocycles. The Morgan fingerprint density at radius 3 is 2.56 bits per heavy atom. The Labute approximate surface area is 109 Å². The first-order valence-corrected chi connectivity index (χ1v) is 5.78. The molecule has 1 rings (SSSR count). The van der Waals surface area contributed by atoms with E-state index in [1.165, 1.54) is 13.2 Å². The van der Waals surface area contributed by atoms with Gasteiger partial charge >= 0.3 is 6.18 Å². The lowest BCUT2D eigenvalue weighted by atomic mass is 10.0. The molecular formula is C12H14F3NOS. The van der Waals surface area contributed by atoms with Crippen LogP contribution in [0.4, 0.5) is 13.2 Å². The summed E-state index contributed by atoms with van der Waals surface area (Å²) in [6, 6.07) is 3.45. The van der Waals surface area contributed by atoms with Gasteiger partial charge < -0.3 is 10.5 Å². The van der Waals surface area contributed by atoms with Crippen molar-refractivity contribution in [3.8, 4) is 5.75 Å². The number of methoxy groups -OCH3 is 1. The molecule has 0 aliphatic rings. The highest BCUT2D eigenvalue weighted by atomic mass is 32.1. The van der Waals surface area contributed by atoms with Crippen molar-refractivity contribution in [3.05, 3.63) is 29.3 Å². The molecule has 0 aliphatic carbocycles. The van der Waals surface area contributed by atoms with Gasteiger partial charge in [-0.1, -0.05) is 12.2 Å². The molecule has 0 fully saturated rings. The van der Waals surface area contributed by atoms with Gasteiger partial charge in [0.05, 0.1) is 17.7 Å². The molecule has 0 heterocycles. The number of aryl methyl sites for hydroxylation is 1. The molecule has 0 radical (unpaired) electrons. The largest absolute Gasteiger partial charge is 0.496 e. The van der Waals surface area contributed by atoms with Crippen molar-refractivity contribution in [2.45, 2.75) is 25.4 Å². The normalized spacial score (nSPS) is 11.3. The zero-order chi connectivity index (χ0) is 13.8. The molecular weight excluding hydrogens is 263 g/mol. The van der Waals surface area contributed by atoms with Crippen molar-refractivity contribution in [2.24, 2.45) is 5.73 Å². The van der Waals surface area contributed by atoms with Crippen LogP contribution in [0.1, 0.15) is 24.0 Å². The van der Waals surface area contributed by atoms with E-state index in [0.29, 0.717) is 35.6 Å². The molecule has 100 valence electrons. The second kappa shape index (κ2) is 6.04. The lowest BCUT2D eigenvalue weighted by Gasteiger charge is -2.12. The molecule has 0 amide bonds. The minimum atomic E-state index is -4.34. The Bertz CT molecular complexity index is 432. The SMILES string of the molecule is COc1ccc(C(F)(F)F)cc1CCCC(N)=S. The molecule has 0 bridgehead atoms. The van der Waals surface area contributed by atoms with Gasteiger partial charge in [0.2, 0.25) is 0 Å². The molecule has 0 aromatic heterocycles. The fourth-order valence-electron chi connectivity index (χ4n) is 1.60. The van der Waals surface area contributed by atoms with E-state index in [1.54, 1.807) is 0 Å². The van der Waals surface area contributed by atoms with Gasteiger partial charge in [-0.25, -0.2) is 0 Å². The van der Waals surface area contributed by atoms with Crippen LogP contribution in [0.25, 0.3) is 0 Å². The van der Waals surface area contributed by atoms with E-state index in [-0.39, 0.29) is 0 Å². The first-order valence-electron chi connectivity index (χ1n) is 5.37. The standard InChI is InChI=1S/C12H14F3NOS/c1-17-10-6-5-9(12(13,14)15)7-8(10)3-2-4-11(16)18/h5-7H,2-4H2,1H3,(H2,16,18). The van der Waals surface area contributed by atoms with Gasteiger partial charge in [-0.05, 0) is 43.0 Å². The van der Waals surface area contributed by atoms with Crippen molar-refractivity contribution >= 4 is 17.2 Å². The van der Waals surface area contributed by atoms with Crippen LogP contribution in [0.15, 0.2) is 18.2 Å². The van der Waals surface area contributed by atoms with Gasteiger partial charge in [0.25, 0.3) is 0 Å². The van der Waals surface area contributed by atoms with Gasteiger partial charge in [-0.15, -0.1) is 0 Å². The Hall–Kier alpha value is -1.30. The predicted octanol–water partition coefficient (Wildman–Crippen LogP) is 3.32. The second-order valence-electron chi connectivity index (χ2n) is 3.84. The van der Waals surface area contributed by atoms with Crippen LogP contribution < -0.4 is 10.5 Å². The molecule has 2 N–H and O–H groups in total. The highest BCUT2D eigenvalue weighted by molar-refractivity contribution is 7.80. The number of ether oxygens (including phenoxy) is 1. The third-order valence-corrected chi connectivity index (χ3v) is 2.68. The van der Waals surface area contributed by atoms with Gasteiger partial charge in [0.1, 0.15) is 5.75 Å². The van der Waals surface area contributed by atoms with Crippen molar-refractivity contribution in [1.29, 1.82) is 0 Å². The van der Waals surface area contributed by atoms with Crippen LogP contribution in [0.2, 0.25) is 0 Å². The summed E-state index contributed by atoms with van der Waals surface area (Å²) >= 11 is 4.72. The van der Waals surface area contributed by atoms with E-state index >= 15 is 0 Å². The summed E-state index contributed by atoms with van der Waals surface area (Å²) in [6.07, 6.45) is -2.78. The number of halogens is 3. The van der Waals surface area contributed by atoms with Gasteiger partial charge in [-0.2, -0.15) is 13.2 Å². The maximum Gasteiger partial charge on any atom is 0.416 e. The average Bonchev–Trinajstić information content (AvgIpc) is 2.27. The average molecular weight is 277 g/mol. The fraction of sp³-hybridized carbons (Fsp3) is 0.417. The third-order valence-electron chi connectivity index (χ3n) is 2.48. The Kier molecular flexibility index (Phi) is 4.95. The number of rotatable bonds is 5. The Morgan fingerprint density at radius 2 is 2.06 bits per heavy atom. The summed E-state index contributed by atoms with van der Waals surface area (Å²) in [4.78, 5) is 0.362. The molecule has 6 heteroatoms. The minimum absolute atomic E-state index is 0.362. The number of nitrogens with two attached hydrogens (primary N) is 1. The highest BCUT2D eigenvalue weighted by Crippen LogP contribution is 2.33. The molecule has 0 aliphatic heterocycles. The van der Waals surface area contributed by atoms with Crippen molar-refractivity contribution in [2.75, 3.05) is 7.11 Å². The summed E-state index contributed by atoms with van der Waals surface area (Å²) in [7, 11) is 1.43. The summed E-state index contributed by atoms with van der Waals surface area (Å²) in [6.45, 7) is 0. The maximum absolute atomic E-state index is 12.6. The lowest BCUT2D eigenvalue weighted by molar-refractivity contribution is -0.137. The predicted molar refractivity (Wildman–Crippen MR) is 67.7 cm³/mol. The minimum Gasteiger partial charge on any atom is -0.496 e. The summed E-state index contributed by atoms with van der Waals surface area (Å²) < 4.78 is 42.8. The molecule has 0 unspecified atom stereocenters. The third kappa shape index (κ3) is 4.18. The molecule has 0 atom stereocenters. The van der Waals surface area contributed by atoms with E-state index in [2.05, 4.69) is 0 Å². The van der Waals surface area contributed by atoms with Crippen molar-refractivity contribution < 1.29 is 17.9 Å². The van der Waals surface area contributed by atoms with Crippen LogP contribution in [0, 0.1) is 0 Å². The molecule has 0 saturated heterocycles. The monoisotopic (exact) mass is 277 g/mol. The topological polar surface area (TPSA) is 35.2 Å². The van der Waals surface area contributed by atoms with E-state index in [4.69, 9.17) is 22.7 Å². The van der Waals surface area contributed by atoms with Crippen LogP contribution in [0.3, 0.4) is 0 Å². The van der Waals surface area contributed by atoms with Crippen LogP contribution in [0.5, 0.6) is 5.75 Å². The van der Waals surface area contributed by atoms with Gasteiger partial charge in [0.15, 0.2) is 0 Å². The van der Waals surface area contributed by atoms with Crippen LogP contribution in [-0.2, 0) is 12.6 Å². The zero-order valence-corrected chi connectivity index (χ0v) is 10.7. The zero-order valence-electron chi connectivity index (χ0n) is 9.88. The molecule has 2 nitrogen and oxygen atoms in total. The second-order valence-corrected chi connectivity index (χ2v) is 4.37. The first kappa shape index (κ1) is 14.8. The van der Waals surface area contributed by atoms with Crippen LogP contribution in [-0.4, -0.2) is 12.1 Å². The Morgan fingerprint density at radius 1 is 1.39 bits per heavy atom. The van der Waals surface area contributed by atoms with Crippen molar-refractivity contribution in [3.63, 3.8) is 0 Å². The van der Waals surface area contributed by atoms with Crippen LogP contribution >= 0.6 is 12.2 Å². The quantitative estimate of drug-likeness (QED) is 0.839. The van der Waals surface area contributed by atoms with Gasteiger partial charge in [-0.3, -0.25) is 0 Å². The van der Waals surface area contributed by atoms with E-state index in [1.807, 2.05) is 0 Å². The number of hydrogen-bond donors (Lipinski definition) is 1. The molecule has 18 heavy (non-hydrogen) atoms. The molecule has 1 aromatic rings. The summed E-state index contributed by atoms with van der Waals surface area (Å²) in [5.41, 5.74) is 5.19. The fourth-order valence-corrected chi connectivity index (χ4v) is 1.75.